The highest BCUT2D eigenvalue weighted by atomic mass is 32.1. The van der Waals surface area contributed by atoms with E-state index in [1.165, 1.54) is 18.4 Å². The fourth-order valence-electron chi connectivity index (χ4n) is 3.46. The third-order valence-corrected chi connectivity index (χ3v) is 6.11. The van der Waals surface area contributed by atoms with E-state index < -0.39 is 5.97 Å². The molecule has 1 aliphatic carbocycles. The number of nitrogens with one attached hydrogen (secondary N) is 3. The predicted molar refractivity (Wildman–Crippen MR) is 114 cm³/mol. The van der Waals surface area contributed by atoms with Gasteiger partial charge in [-0.15, -0.1) is 11.3 Å². The Kier molecular flexibility index (Phi) is 6.87. The van der Waals surface area contributed by atoms with Crippen LogP contribution in [0, 0.1) is 0 Å². The molecule has 7 nitrogen and oxygen atoms in total. The summed E-state index contributed by atoms with van der Waals surface area (Å²) in [4.78, 5) is 38.0. The zero-order chi connectivity index (χ0) is 20.8. The summed E-state index contributed by atoms with van der Waals surface area (Å²) in [6.07, 6.45) is 4.98. The Balaban J connectivity index is 1.75. The highest BCUT2D eigenvalue weighted by Crippen LogP contribution is 2.37. The second-order valence-corrected chi connectivity index (χ2v) is 7.89. The van der Waals surface area contributed by atoms with Gasteiger partial charge in [0.15, 0.2) is 0 Å². The molecule has 0 saturated carbocycles. The number of methoxy groups -OCH3 is 1. The lowest BCUT2D eigenvalue weighted by Gasteiger charge is -2.11. The molecule has 2 aromatic rings. The van der Waals surface area contributed by atoms with E-state index in [2.05, 4.69) is 16.0 Å². The monoisotopic (exact) mass is 415 g/mol. The normalized spacial score (nSPS) is 13.0. The Morgan fingerprint density at radius 2 is 1.86 bits per heavy atom. The lowest BCUT2D eigenvalue weighted by atomic mass is 10.1. The number of rotatable bonds is 6. The van der Waals surface area contributed by atoms with Gasteiger partial charge in [0.1, 0.15) is 5.00 Å². The summed E-state index contributed by atoms with van der Waals surface area (Å²) in [6.45, 7) is -0.0306. The molecule has 0 spiro atoms. The molecule has 3 rings (SSSR count). The van der Waals surface area contributed by atoms with E-state index in [-0.39, 0.29) is 18.4 Å². The SMILES string of the molecule is CNC(=O)c1ccccc1NCC(=O)Nc1sc2c(c1C(=O)OC)CCCCC2. The predicted octanol–water partition coefficient (Wildman–Crippen LogP) is 3.21. The number of thiophene rings is 1. The number of anilines is 2. The van der Waals surface area contributed by atoms with Gasteiger partial charge in [-0.2, -0.15) is 0 Å². The smallest absolute Gasteiger partial charge is 0.341 e. The first-order valence-electron chi connectivity index (χ1n) is 9.62. The standard InChI is InChI=1S/C21H25N3O4S/c1-22-19(26)13-8-6-7-10-15(13)23-12-17(25)24-20-18(21(27)28-2)14-9-4-3-5-11-16(14)29-20/h6-8,10,23H,3-5,9,11-12H2,1-2H3,(H,22,26)(H,24,25). The summed E-state index contributed by atoms with van der Waals surface area (Å²) in [7, 11) is 2.91. The van der Waals surface area contributed by atoms with Crippen LogP contribution in [0.5, 0.6) is 0 Å². The van der Waals surface area contributed by atoms with Crippen molar-refractivity contribution >= 4 is 39.8 Å². The van der Waals surface area contributed by atoms with Gasteiger partial charge in [0, 0.05) is 17.6 Å². The number of para-hydroxylation sites is 1. The number of hydrogen-bond acceptors (Lipinski definition) is 6. The fraction of sp³-hybridized carbons (Fsp3) is 0.381. The molecule has 8 heteroatoms. The minimum atomic E-state index is -0.419. The lowest BCUT2D eigenvalue weighted by Crippen LogP contribution is -2.25. The van der Waals surface area contributed by atoms with Crippen molar-refractivity contribution in [3.05, 3.63) is 45.8 Å². The molecule has 1 aliphatic rings. The average Bonchev–Trinajstić information content (AvgIpc) is 2.91. The molecule has 0 radical (unpaired) electrons. The largest absolute Gasteiger partial charge is 0.465 e. The van der Waals surface area contributed by atoms with Gasteiger partial charge in [0.05, 0.1) is 24.8 Å². The average molecular weight is 416 g/mol. The molecule has 0 atom stereocenters. The highest BCUT2D eigenvalue weighted by Gasteiger charge is 2.26. The number of aryl methyl sites for hydroxylation is 1. The van der Waals surface area contributed by atoms with Crippen LogP contribution in [0.15, 0.2) is 24.3 Å². The molecule has 2 amide bonds. The second kappa shape index (κ2) is 9.56. The maximum Gasteiger partial charge on any atom is 0.341 e. The van der Waals surface area contributed by atoms with Gasteiger partial charge in [-0.3, -0.25) is 9.59 Å². The van der Waals surface area contributed by atoms with Crippen molar-refractivity contribution in [1.29, 1.82) is 0 Å². The fourth-order valence-corrected chi connectivity index (χ4v) is 4.76. The van der Waals surface area contributed by atoms with Crippen molar-refractivity contribution in [2.24, 2.45) is 0 Å². The van der Waals surface area contributed by atoms with Crippen molar-refractivity contribution in [2.45, 2.75) is 32.1 Å². The molecule has 1 heterocycles. The first-order valence-corrected chi connectivity index (χ1v) is 10.4. The Bertz CT molecular complexity index is 923. The van der Waals surface area contributed by atoms with Gasteiger partial charge in [-0.25, -0.2) is 4.79 Å². The minimum Gasteiger partial charge on any atom is -0.465 e. The number of hydrogen-bond donors (Lipinski definition) is 3. The Labute approximate surface area is 173 Å². The third-order valence-electron chi connectivity index (χ3n) is 4.90. The molecule has 29 heavy (non-hydrogen) atoms. The number of ether oxygens (including phenoxy) is 1. The van der Waals surface area contributed by atoms with Gasteiger partial charge in [0.25, 0.3) is 5.91 Å². The summed E-state index contributed by atoms with van der Waals surface area (Å²) >= 11 is 1.46. The third kappa shape index (κ3) is 4.76. The van der Waals surface area contributed by atoms with Crippen LogP contribution in [0.1, 0.15) is 50.4 Å². The van der Waals surface area contributed by atoms with Crippen LogP contribution in [-0.2, 0) is 22.4 Å². The van der Waals surface area contributed by atoms with Crippen LogP contribution in [0.3, 0.4) is 0 Å². The maximum atomic E-state index is 12.6. The van der Waals surface area contributed by atoms with Crippen molar-refractivity contribution in [3.63, 3.8) is 0 Å². The zero-order valence-corrected chi connectivity index (χ0v) is 17.4. The van der Waals surface area contributed by atoms with E-state index in [1.54, 1.807) is 31.3 Å². The summed E-state index contributed by atoms with van der Waals surface area (Å²) in [5.74, 6) is -0.945. The van der Waals surface area contributed by atoms with Crippen molar-refractivity contribution in [1.82, 2.24) is 5.32 Å². The molecular formula is C21H25N3O4S. The molecule has 0 aliphatic heterocycles. The van der Waals surface area contributed by atoms with Crippen LogP contribution < -0.4 is 16.0 Å². The number of carbonyl (C=O) groups excluding carboxylic acids is 3. The Morgan fingerprint density at radius 1 is 1.10 bits per heavy atom. The van der Waals surface area contributed by atoms with Crippen LogP contribution in [0.4, 0.5) is 10.7 Å². The van der Waals surface area contributed by atoms with Crippen molar-refractivity contribution < 1.29 is 19.1 Å². The maximum absolute atomic E-state index is 12.6. The lowest BCUT2D eigenvalue weighted by molar-refractivity contribution is -0.114. The molecule has 0 fully saturated rings. The van der Waals surface area contributed by atoms with Gasteiger partial charge >= 0.3 is 5.97 Å². The van der Waals surface area contributed by atoms with Crippen molar-refractivity contribution in [2.75, 3.05) is 31.3 Å². The molecule has 0 saturated heterocycles. The number of carbonyl (C=O) groups is 3. The van der Waals surface area contributed by atoms with Crippen LogP contribution >= 0.6 is 11.3 Å². The second-order valence-electron chi connectivity index (χ2n) is 6.79. The van der Waals surface area contributed by atoms with Gasteiger partial charge < -0.3 is 20.7 Å². The van der Waals surface area contributed by atoms with Gasteiger partial charge in [-0.1, -0.05) is 18.6 Å². The first-order chi connectivity index (χ1) is 14.0. The van der Waals surface area contributed by atoms with Crippen LogP contribution in [0.2, 0.25) is 0 Å². The summed E-state index contributed by atoms with van der Waals surface area (Å²) in [6, 6.07) is 6.98. The number of amides is 2. The summed E-state index contributed by atoms with van der Waals surface area (Å²) in [5.41, 5.74) is 2.51. The molecule has 3 N–H and O–H groups in total. The van der Waals surface area contributed by atoms with E-state index in [0.717, 1.165) is 42.5 Å². The van der Waals surface area contributed by atoms with E-state index >= 15 is 0 Å². The number of benzene rings is 1. The van der Waals surface area contributed by atoms with E-state index in [0.29, 0.717) is 21.8 Å². The van der Waals surface area contributed by atoms with Crippen molar-refractivity contribution in [3.8, 4) is 0 Å². The molecule has 0 unspecified atom stereocenters. The molecular weight excluding hydrogens is 390 g/mol. The number of fused-ring (bicyclic) bond motifs is 1. The zero-order valence-electron chi connectivity index (χ0n) is 16.6. The summed E-state index contributed by atoms with van der Waals surface area (Å²) < 4.78 is 4.96. The Hall–Kier alpha value is -2.87. The topological polar surface area (TPSA) is 96.5 Å². The van der Waals surface area contributed by atoms with E-state index in [1.807, 2.05) is 0 Å². The summed E-state index contributed by atoms with van der Waals surface area (Å²) in [5, 5.41) is 8.97. The highest BCUT2D eigenvalue weighted by molar-refractivity contribution is 7.17. The van der Waals surface area contributed by atoms with Gasteiger partial charge in [0.2, 0.25) is 5.91 Å². The Morgan fingerprint density at radius 3 is 2.62 bits per heavy atom. The molecule has 0 bridgehead atoms. The van der Waals surface area contributed by atoms with Crippen LogP contribution in [0.25, 0.3) is 0 Å². The van der Waals surface area contributed by atoms with E-state index in [4.69, 9.17) is 4.74 Å². The molecule has 154 valence electrons. The van der Waals surface area contributed by atoms with E-state index in [9.17, 15) is 14.4 Å². The quantitative estimate of drug-likeness (QED) is 0.497. The van der Waals surface area contributed by atoms with Gasteiger partial charge in [-0.05, 0) is 43.4 Å². The minimum absolute atomic E-state index is 0.0306. The van der Waals surface area contributed by atoms with Crippen LogP contribution in [-0.4, -0.2) is 38.5 Å². The number of esters is 1. The molecule has 1 aromatic heterocycles. The molecule has 1 aromatic carbocycles. The first kappa shape index (κ1) is 20.9.